The van der Waals surface area contributed by atoms with Gasteiger partial charge >= 0.3 is 0 Å². The molecule has 1 aliphatic carbocycles. The average molecular weight is 260 g/mol. The fourth-order valence-corrected chi connectivity index (χ4v) is 4.32. The van der Waals surface area contributed by atoms with Crippen LogP contribution in [-0.4, -0.2) is 50.0 Å². The number of hydrogen-bond donors (Lipinski definition) is 1. The van der Waals surface area contributed by atoms with Crippen molar-refractivity contribution in [2.75, 3.05) is 31.1 Å². The van der Waals surface area contributed by atoms with E-state index >= 15 is 0 Å². The van der Waals surface area contributed by atoms with Crippen LogP contribution in [0, 0.1) is 0 Å². The molecule has 2 aliphatic rings. The minimum Gasteiger partial charge on any atom is -0.324 e. The zero-order valence-corrected chi connectivity index (χ0v) is 11.3. The molecule has 0 aromatic carbocycles. The molecule has 0 aromatic rings. The zero-order valence-electron chi connectivity index (χ0n) is 10.5. The van der Waals surface area contributed by atoms with Crippen LogP contribution in [0.25, 0.3) is 0 Å². The van der Waals surface area contributed by atoms with E-state index in [0.29, 0.717) is 18.1 Å². The van der Waals surface area contributed by atoms with E-state index in [-0.39, 0.29) is 5.54 Å². The van der Waals surface area contributed by atoms with Crippen molar-refractivity contribution in [2.45, 2.75) is 44.1 Å². The maximum Gasteiger partial charge on any atom is 0.151 e. The first-order valence-electron chi connectivity index (χ1n) is 6.71. The SMILES string of the molecule is NC1(CN2CCCS(=O)(=O)CC2)CCCCC1. The van der Waals surface area contributed by atoms with E-state index in [4.69, 9.17) is 5.73 Å². The fraction of sp³-hybridized carbons (Fsp3) is 1.00. The smallest absolute Gasteiger partial charge is 0.151 e. The lowest BCUT2D eigenvalue weighted by Crippen LogP contribution is -2.51. The highest BCUT2D eigenvalue weighted by Gasteiger charge is 2.30. The van der Waals surface area contributed by atoms with E-state index in [1.807, 2.05) is 0 Å². The van der Waals surface area contributed by atoms with Crippen molar-refractivity contribution in [1.29, 1.82) is 0 Å². The highest BCUT2D eigenvalue weighted by molar-refractivity contribution is 7.91. The molecule has 17 heavy (non-hydrogen) atoms. The number of nitrogens with two attached hydrogens (primary N) is 1. The summed E-state index contributed by atoms with van der Waals surface area (Å²) in [6, 6.07) is 0. The molecule has 1 heterocycles. The summed E-state index contributed by atoms with van der Waals surface area (Å²) < 4.78 is 23.1. The third-order valence-corrected chi connectivity index (χ3v) is 5.75. The normalized spacial score (nSPS) is 29.7. The number of hydrogen-bond acceptors (Lipinski definition) is 4. The Morgan fingerprint density at radius 2 is 1.71 bits per heavy atom. The predicted molar refractivity (Wildman–Crippen MR) is 69.7 cm³/mol. The molecule has 0 bridgehead atoms. The number of sulfone groups is 1. The van der Waals surface area contributed by atoms with Crippen molar-refractivity contribution in [3.8, 4) is 0 Å². The Bertz CT molecular complexity index is 348. The highest BCUT2D eigenvalue weighted by atomic mass is 32.2. The molecule has 0 aromatic heterocycles. The average Bonchev–Trinajstić information content (AvgIpc) is 2.41. The molecule has 1 aliphatic heterocycles. The minimum atomic E-state index is -2.80. The second-order valence-electron chi connectivity index (χ2n) is 5.70. The van der Waals surface area contributed by atoms with E-state index in [9.17, 15) is 8.42 Å². The van der Waals surface area contributed by atoms with Gasteiger partial charge in [-0.3, -0.25) is 0 Å². The third-order valence-electron chi connectivity index (χ3n) is 4.04. The maximum atomic E-state index is 11.5. The van der Waals surface area contributed by atoms with Crippen molar-refractivity contribution < 1.29 is 8.42 Å². The molecule has 0 amide bonds. The van der Waals surface area contributed by atoms with Crippen molar-refractivity contribution in [3.05, 3.63) is 0 Å². The fourth-order valence-electron chi connectivity index (χ4n) is 3.01. The van der Waals surface area contributed by atoms with Crippen molar-refractivity contribution in [1.82, 2.24) is 4.90 Å². The second kappa shape index (κ2) is 5.24. The van der Waals surface area contributed by atoms with E-state index in [1.54, 1.807) is 0 Å². The molecule has 2 rings (SSSR count). The topological polar surface area (TPSA) is 63.4 Å². The Labute approximate surface area is 104 Å². The van der Waals surface area contributed by atoms with Crippen LogP contribution in [0.1, 0.15) is 38.5 Å². The summed E-state index contributed by atoms with van der Waals surface area (Å²) in [6.07, 6.45) is 6.70. The molecule has 4 nitrogen and oxygen atoms in total. The monoisotopic (exact) mass is 260 g/mol. The molecule has 1 saturated heterocycles. The lowest BCUT2D eigenvalue weighted by atomic mass is 9.82. The summed E-state index contributed by atoms with van der Waals surface area (Å²) in [6.45, 7) is 2.43. The summed E-state index contributed by atoms with van der Waals surface area (Å²) in [5.74, 6) is 0.657. The molecule has 5 heteroatoms. The summed E-state index contributed by atoms with van der Waals surface area (Å²) >= 11 is 0. The zero-order chi connectivity index (χ0) is 12.4. The van der Waals surface area contributed by atoms with Gasteiger partial charge in [0.1, 0.15) is 0 Å². The van der Waals surface area contributed by atoms with Gasteiger partial charge < -0.3 is 10.6 Å². The first kappa shape index (κ1) is 13.3. The summed E-state index contributed by atoms with van der Waals surface area (Å²) in [4.78, 5) is 2.26. The van der Waals surface area contributed by atoms with Crippen LogP contribution in [0.2, 0.25) is 0 Å². The molecular weight excluding hydrogens is 236 g/mol. The second-order valence-corrected chi connectivity index (χ2v) is 8.01. The standard InChI is InChI=1S/C12H24N2O2S/c13-12(5-2-1-3-6-12)11-14-7-4-9-17(15,16)10-8-14/h1-11,13H2. The van der Waals surface area contributed by atoms with Gasteiger partial charge in [-0.25, -0.2) is 8.42 Å². The van der Waals surface area contributed by atoms with Crippen molar-refractivity contribution in [2.24, 2.45) is 5.73 Å². The summed E-state index contributed by atoms with van der Waals surface area (Å²) in [5, 5.41) is 0. The largest absolute Gasteiger partial charge is 0.324 e. The van der Waals surface area contributed by atoms with Gasteiger partial charge in [-0.15, -0.1) is 0 Å². The first-order valence-corrected chi connectivity index (χ1v) is 8.53. The van der Waals surface area contributed by atoms with Crippen LogP contribution in [0.15, 0.2) is 0 Å². The molecule has 0 spiro atoms. The van der Waals surface area contributed by atoms with Gasteiger partial charge in [0.25, 0.3) is 0 Å². The Hall–Kier alpha value is -0.130. The molecule has 1 saturated carbocycles. The van der Waals surface area contributed by atoms with E-state index < -0.39 is 9.84 Å². The van der Waals surface area contributed by atoms with Crippen LogP contribution >= 0.6 is 0 Å². The Balaban J connectivity index is 1.90. The Morgan fingerprint density at radius 1 is 1.00 bits per heavy atom. The van der Waals surface area contributed by atoms with Gasteiger partial charge in [0, 0.05) is 18.6 Å². The lowest BCUT2D eigenvalue weighted by molar-refractivity contribution is 0.181. The predicted octanol–water partition coefficient (Wildman–Crippen LogP) is 0.768. The van der Waals surface area contributed by atoms with Gasteiger partial charge in [0.2, 0.25) is 0 Å². The van der Waals surface area contributed by atoms with Crippen molar-refractivity contribution in [3.63, 3.8) is 0 Å². The third kappa shape index (κ3) is 3.93. The summed E-state index contributed by atoms with van der Waals surface area (Å²) in [7, 11) is -2.80. The Kier molecular flexibility index (Phi) is 4.10. The molecule has 100 valence electrons. The minimum absolute atomic E-state index is 0.0631. The van der Waals surface area contributed by atoms with Crippen LogP contribution in [0.4, 0.5) is 0 Å². The van der Waals surface area contributed by atoms with E-state index in [2.05, 4.69) is 4.90 Å². The van der Waals surface area contributed by atoms with Gasteiger partial charge in [0.05, 0.1) is 11.5 Å². The molecular formula is C12H24N2O2S. The van der Waals surface area contributed by atoms with Gasteiger partial charge in [-0.05, 0) is 25.8 Å². The molecule has 0 unspecified atom stereocenters. The van der Waals surface area contributed by atoms with E-state index in [1.165, 1.54) is 19.3 Å². The van der Waals surface area contributed by atoms with Crippen LogP contribution < -0.4 is 5.73 Å². The molecule has 2 fully saturated rings. The summed E-state index contributed by atoms with van der Waals surface area (Å²) in [5.41, 5.74) is 6.35. The van der Waals surface area contributed by atoms with E-state index in [0.717, 1.165) is 32.4 Å². The lowest BCUT2D eigenvalue weighted by Gasteiger charge is -2.37. The molecule has 0 atom stereocenters. The highest BCUT2D eigenvalue weighted by Crippen LogP contribution is 2.27. The van der Waals surface area contributed by atoms with Gasteiger partial charge in [-0.1, -0.05) is 19.3 Å². The van der Waals surface area contributed by atoms with Gasteiger partial charge in [0.15, 0.2) is 9.84 Å². The van der Waals surface area contributed by atoms with Crippen LogP contribution in [0.5, 0.6) is 0 Å². The number of rotatable bonds is 2. The van der Waals surface area contributed by atoms with Crippen LogP contribution in [-0.2, 0) is 9.84 Å². The van der Waals surface area contributed by atoms with Gasteiger partial charge in [-0.2, -0.15) is 0 Å². The molecule has 0 radical (unpaired) electrons. The Morgan fingerprint density at radius 3 is 2.41 bits per heavy atom. The molecule has 2 N–H and O–H groups in total. The quantitative estimate of drug-likeness (QED) is 0.796. The van der Waals surface area contributed by atoms with Crippen LogP contribution in [0.3, 0.4) is 0 Å². The first-order chi connectivity index (χ1) is 7.99. The maximum absolute atomic E-state index is 11.5. The number of nitrogens with zero attached hydrogens (tertiary/aromatic N) is 1. The van der Waals surface area contributed by atoms with Crippen molar-refractivity contribution >= 4 is 9.84 Å².